The van der Waals surface area contributed by atoms with Crippen LogP contribution in [0.2, 0.25) is 0 Å². The summed E-state index contributed by atoms with van der Waals surface area (Å²) in [5.74, 6) is 1.86. The molecule has 5 heteroatoms. The van der Waals surface area contributed by atoms with Crippen LogP contribution in [0.1, 0.15) is 25.2 Å². The minimum Gasteiger partial charge on any atom is -0.342 e. The van der Waals surface area contributed by atoms with E-state index in [9.17, 15) is 0 Å². The number of nitrogens with one attached hydrogen (secondary N) is 1. The normalized spacial score (nSPS) is 21.4. The van der Waals surface area contributed by atoms with Gasteiger partial charge in [0.2, 0.25) is 5.89 Å². The van der Waals surface area contributed by atoms with Crippen molar-refractivity contribution in [2.45, 2.75) is 19.3 Å². The van der Waals surface area contributed by atoms with Gasteiger partial charge in [-0.3, -0.25) is 0 Å². The third-order valence-electron chi connectivity index (χ3n) is 2.66. The van der Waals surface area contributed by atoms with Gasteiger partial charge in [0.25, 0.3) is 5.95 Å². The Hall–Kier alpha value is -1.10. The smallest absolute Gasteiger partial charge is 0.265 e. The molecule has 2 heterocycles. The highest BCUT2D eigenvalue weighted by Gasteiger charge is 2.23. The van der Waals surface area contributed by atoms with E-state index >= 15 is 0 Å². The fourth-order valence-corrected chi connectivity index (χ4v) is 1.55. The van der Waals surface area contributed by atoms with Crippen molar-refractivity contribution in [3.63, 3.8) is 0 Å². The Morgan fingerprint density at radius 2 is 2.50 bits per heavy atom. The summed E-state index contributed by atoms with van der Waals surface area (Å²) in [5, 5.41) is 7.23. The Balaban J connectivity index is 2.08. The van der Waals surface area contributed by atoms with Crippen molar-refractivity contribution in [2.24, 2.45) is 0 Å². The average Bonchev–Trinajstić information content (AvgIpc) is 2.86. The topological polar surface area (TPSA) is 54.2 Å². The Labute approximate surface area is 83.5 Å². The molecule has 1 aliphatic heterocycles. The zero-order valence-corrected chi connectivity index (χ0v) is 8.66. The van der Waals surface area contributed by atoms with Gasteiger partial charge in [0.1, 0.15) is 0 Å². The molecule has 78 valence electrons. The minimum atomic E-state index is 0.404. The molecule has 1 saturated heterocycles. The Morgan fingerprint density at radius 1 is 1.64 bits per heavy atom. The van der Waals surface area contributed by atoms with Gasteiger partial charge in [-0.05, 0) is 25.0 Å². The first-order valence-electron chi connectivity index (χ1n) is 5.06. The lowest BCUT2D eigenvalue weighted by molar-refractivity contribution is 0.358. The molecule has 0 radical (unpaired) electrons. The summed E-state index contributed by atoms with van der Waals surface area (Å²) >= 11 is 0. The maximum atomic E-state index is 5.23. The van der Waals surface area contributed by atoms with E-state index in [0.29, 0.717) is 11.9 Å². The first kappa shape index (κ1) is 9.45. The predicted octanol–water partition coefficient (Wildman–Crippen LogP) is 0.603. The van der Waals surface area contributed by atoms with Crippen LogP contribution in [0.25, 0.3) is 0 Å². The van der Waals surface area contributed by atoms with Gasteiger partial charge in [0.05, 0.1) is 5.92 Å². The van der Waals surface area contributed by atoms with Crippen LogP contribution < -0.4 is 10.2 Å². The van der Waals surface area contributed by atoms with Gasteiger partial charge in [0, 0.05) is 20.1 Å². The lowest BCUT2D eigenvalue weighted by Gasteiger charge is -2.08. The van der Waals surface area contributed by atoms with E-state index in [2.05, 4.69) is 22.4 Å². The van der Waals surface area contributed by atoms with Crippen molar-refractivity contribution in [1.82, 2.24) is 15.5 Å². The lowest BCUT2D eigenvalue weighted by atomic mass is 10.1. The number of hydrogen-bond acceptors (Lipinski definition) is 5. The second kappa shape index (κ2) is 3.96. The monoisotopic (exact) mass is 196 g/mol. The molecule has 1 unspecified atom stereocenters. The quantitative estimate of drug-likeness (QED) is 0.767. The van der Waals surface area contributed by atoms with Crippen molar-refractivity contribution in [2.75, 3.05) is 31.6 Å². The SMILES string of the molecule is CCN(C)c1noc(C2CCNC2)n1. The predicted molar refractivity (Wildman–Crippen MR) is 53.5 cm³/mol. The summed E-state index contributed by atoms with van der Waals surface area (Å²) < 4.78 is 5.23. The summed E-state index contributed by atoms with van der Waals surface area (Å²) in [7, 11) is 1.96. The van der Waals surface area contributed by atoms with Crippen molar-refractivity contribution in [3.8, 4) is 0 Å². The molecule has 5 nitrogen and oxygen atoms in total. The van der Waals surface area contributed by atoms with E-state index < -0.39 is 0 Å². The molecule has 0 spiro atoms. The molecule has 1 aromatic rings. The summed E-state index contributed by atoms with van der Waals surface area (Å²) in [6.07, 6.45) is 1.09. The molecule has 1 aromatic heterocycles. The van der Waals surface area contributed by atoms with Crippen molar-refractivity contribution in [3.05, 3.63) is 5.89 Å². The second-order valence-corrected chi connectivity index (χ2v) is 3.64. The fourth-order valence-electron chi connectivity index (χ4n) is 1.55. The molecule has 0 amide bonds. The zero-order chi connectivity index (χ0) is 9.97. The largest absolute Gasteiger partial charge is 0.342 e. The van der Waals surface area contributed by atoms with Gasteiger partial charge in [-0.1, -0.05) is 0 Å². The maximum Gasteiger partial charge on any atom is 0.265 e. The van der Waals surface area contributed by atoms with Crippen LogP contribution in [0.4, 0.5) is 5.95 Å². The zero-order valence-electron chi connectivity index (χ0n) is 8.66. The maximum absolute atomic E-state index is 5.23. The molecule has 0 aliphatic carbocycles. The molecule has 1 fully saturated rings. The average molecular weight is 196 g/mol. The molecular formula is C9H16N4O. The van der Waals surface area contributed by atoms with Crippen LogP contribution in [-0.2, 0) is 0 Å². The van der Waals surface area contributed by atoms with Crippen molar-refractivity contribution in [1.29, 1.82) is 0 Å². The highest BCUT2D eigenvalue weighted by molar-refractivity contribution is 5.25. The van der Waals surface area contributed by atoms with E-state index in [1.54, 1.807) is 0 Å². The Morgan fingerprint density at radius 3 is 3.14 bits per heavy atom. The fraction of sp³-hybridized carbons (Fsp3) is 0.778. The van der Waals surface area contributed by atoms with Crippen LogP contribution in [0, 0.1) is 0 Å². The van der Waals surface area contributed by atoms with Crippen LogP contribution >= 0.6 is 0 Å². The number of rotatable bonds is 3. The molecule has 14 heavy (non-hydrogen) atoms. The van der Waals surface area contributed by atoms with Crippen LogP contribution in [-0.4, -0.2) is 36.8 Å². The first-order chi connectivity index (χ1) is 6.81. The van der Waals surface area contributed by atoms with Gasteiger partial charge in [-0.2, -0.15) is 4.98 Å². The van der Waals surface area contributed by atoms with Crippen molar-refractivity contribution >= 4 is 5.95 Å². The standard InChI is InChI=1S/C9H16N4O/c1-3-13(2)9-11-8(14-12-9)7-4-5-10-6-7/h7,10H,3-6H2,1-2H3. The van der Waals surface area contributed by atoms with E-state index in [1.165, 1.54) is 0 Å². The third kappa shape index (κ3) is 1.72. The third-order valence-corrected chi connectivity index (χ3v) is 2.66. The van der Waals surface area contributed by atoms with Crippen molar-refractivity contribution < 1.29 is 4.52 Å². The molecule has 0 bridgehead atoms. The van der Waals surface area contributed by atoms with Gasteiger partial charge >= 0.3 is 0 Å². The number of nitrogens with zero attached hydrogens (tertiary/aromatic N) is 3. The molecule has 1 atom stereocenters. The Kier molecular flexibility index (Phi) is 2.67. The summed E-state index contributed by atoms with van der Waals surface area (Å²) in [6, 6.07) is 0. The van der Waals surface area contributed by atoms with E-state index in [1.807, 2.05) is 11.9 Å². The number of hydrogen-bond donors (Lipinski definition) is 1. The molecular weight excluding hydrogens is 180 g/mol. The van der Waals surface area contributed by atoms with Crippen LogP contribution in [0.3, 0.4) is 0 Å². The first-order valence-corrected chi connectivity index (χ1v) is 5.06. The molecule has 2 rings (SSSR count). The summed E-state index contributed by atoms with van der Waals surface area (Å²) in [4.78, 5) is 6.34. The van der Waals surface area contributed by atoms with Gasteiger partial charge in [-0.25, -0.2) is 0 Å². The minimum absolute atomic E-state index is 0.404. The molecule has 1 N–H and O–H groups in total. The highest BCUT2D eigenvalue weighted by Crippen LogP contribution is 2.21. The molecule has 0 aromatic carbocycles. The number of anilines is 1. The van der Waals surface area contributed by atoms with E-state index in [4.69, 9.17) is 4.52 Å². The van der Waals surface area contributed by atoms with E-state index in [0.717, 1.165) is 31.9 Å². The van der Waals surface area contributed by atoms with Crippen LogP contribution in [0.5, 0.6) is 0 Å². The molecule has 0 saturated carbocycles. The summed E-state index contributed by atoms with van der Waals surface area (Å²) in [5.41, 5.74) is 0. The van der Waals surface area contributed by atoms with E-state index in [-0.39, 0.29) is 0 Å². The Bertz CT molecular complexity index is 293. The van der Waals surface area contributed by atoms with Gasteiger partial charge in [0.15, 0.2) is 0 Å². The number of aromatic nitrogens is 2. The lowest BCUT2D eigenvalue weighted by Crippen LogP contribution is -2.17. The van der Waals surface area contributed by atoms with Gasteiger partial charge in [-0.15, -0.1) is 0 Å². The summed E-state index contributed by atoms with van der Waals surface area (Å²) in [6.45, 7) is 4.96. The second-order valence-electron chi connectivity index (χ2n) is 3.64. The van der Waals surface area contributed by atoms with Crippen LogP contribution in [0.15, 0.2) is 4.52 Å². The highest BCUT2D eigenvalue weighted by atomic mass is 16.5. The van der Waals surface area contributed by atoms with Gasteiger partial charge < -0.3 is 14.7 Å². The molecule has 1 aliphatic rings.